The zero-order chi connectivity index (χ0) is 8.48. The van der Waals surface area contributed by atoms with Gasteiger partial charge in [0.1, 0.15) is 5.24 Å². The van der Waals surface area contributed by atoms with E-state index in [-0.39, 0.29) is 40.7 Å². The Morgan fingerprint density at radius 3 is 2.00 bits per heavy atom. The van der Waals surface area contributed by atoms with Gasteiger partial charge in [-0.15, -0.1) is 0 Å². The molecule has 0 N–H and O–H groups in total. The van der Waals surface area contributed by atoms with Crippen molar-refractivity contribution in [2.75, 3.05) is 0 Å². The fraction of sp³-hybridized carbons (Fsp3) is 0.714. The van der Waals surface area contributed by atoms with E-state index in [0.29, 0.717) is 12.8 Å². The summed E-state index contributed by atoms with van der Waals surface area (Å²) in [5.74, 6) is -0.252. The van der Waals surface area contributed by atoms with E-state index in [0.717, 1.165) is 11.8 Å². The number of amides is 2. The molecule has 1 aliphatic heterocycles. The van der Waals surface area contributed by atoms with Crippen molar-refractivity contribution in [3.8, 4) is 0 Å². The van der Waals surface area contributed by atoms with Crippen LogP contribution in [-0.2, 0) is 4.79 Å². The number of hydrogen-bond donors (Lipinski definition) is 0. The minimum absolute atomic E-state index is 0. The van der Waals surface area contributed by atoms with E-state index in [4.69, 9.17) is 0 Å². The van der Waals surface area contributed by atoms with Gasteiger partial charge < -0.3 is 14.9 Å². The Morgan fingerprint density at radius 1 is 1.33 bits per heavy atom. The van der Waals surface area contributed by atoms with E-state index in [2.05, 4.69) is 5.32 Å². The normalized spacial score (nSPS) is 20.2. The minimum atomic E-state index is -0.531. The van der Waals surface area contributed by atoms with Crippen LogP contribution in [0.15, 0.2) is 0 Å². The number of imide groups is 1. The van der Waals surface area contributed by atoms with E-state index in [1.165, 1.54) is 0 Å². The van der Waals surface area contributed by atoms with Crippen LogP contribution in [0.1, 0.15) is 26.7 Å². The molecule has 1 heterocycles. The van der Waals surface area contributed by atoms with Gasteiger partial charge in [-0.05, 0) is 12.8 Å². The molecule has 62 valence electrons. The van der Waals surface area contributed by atoms with Crippen molar-refractivity contribution in [1.29, 1.82) is 0 Å². The Balaban J connectivity index is 0.00000121. The molecule has 0 bridgehead atoms. The predicted molar refractivity (Wildman–Crippen MR) is 44.7 cm³/mol. The summed E-state index contributed by atoms with van der Waals surface area (Å²) in [4.78, 5) is 21.9. The molecule has 2 amide bonds. The molecule has 1 saturated heterocycles. The van der Waals surface area contributed by atoms with Crippen molar-refractivity contribution < 1.29 is 39.1 Å². The number of rotatable bonds is 2. The quantitative estimate of drug-likeness (QED) is 0.548. The van der Waals surface area contributed by atoms with E-state index < -0.39 is 4.75 Å². The largest absolute Gasteiger partial charge is 1.00 e. The monoisotopic (exact) mass is 195 g/mol. The number of hydrogen-bond acceptors (Lipinski definition) is 3. The SMILES string of the molecule is CCC1(CC)SC(=O)[N-]C1=O.[Na+]. The third-order valence-electron chi connectivity index (χ3n) is 2.01. The molecule has 0 saturated carbocycles. The Bertz CT molecular complexity index is 204. The van der Waals surface area contributed by atoms with E-state index in [1.807, 2.05) is 13.8 Å². The molecular formula is C7H10NNaO2S. The summed E-state index contributed by atoms with van der Waals surface area (Å²) in [7, 11) is 0. The maximum Gasteiger partial charge on any atom is 1.00 e. The van der Waals surface area contributed by atoms with Crippen LogP contribution in [-0.4, -0.2) is 15.9 Å². The molecule has 0 radical (unpaired) electrons. The first-order valence-electron chi connectivity index (χ1n) is 3.64. The third-order valence-corrected chi connectivity index (χ3v) is 3.42. The van der Waals surface area contributed by atoms with E-state index in [9.17, 15) is 9.59 Å². The molecule has 0 aliphatic carbocycles. The Kier molecular flexibility index (Phi) is 4.84. The van der Waals surface area contributed by atoms with Gasteiger partial charge >= 0.3 is 29.6 Å². The second kappa shape index (κ2) is 4.65. The average Bonchev–Trinajstić information content (AvgIpc) is 2.27. The molecular weight excluding hydrogens is 185 g/mol. The van der Waals surface area contributed by atoms with Gasteiger partial charge in [0.2, 0.25) is 0 Å². The van der Waals surface area contributed by atoms with Crippen LogP contribution in [0.25, 0.3) is 5.32 Å². The minimum Gasteiger partial charge on any atom is -0.585 e. The summed E-state index contributed by atoms with van der Waals surface area (Å²) >= 11 is 1.07. The summed E-state index contributed by atoms with van der Waals surface area (Å²) in [6.45, 7) is 3.81. The zero-order valence-corrected chi connectivity index (χ0v) is 10.4. The topological polar surface area (TPSA) is 48.2 Å². The fourth-order valence-electron chi connectivity index (χ4n) is 1.12. The molecule has 0 aromatic rings. The molecule has 0 spiro atoms. The smallest absolute Gasteiger partial charge is 0.585 e. The maximum atomic E-state index is 11.2. The molecule has 3 nitrogen and oxygen atoms in total. The fourth-order valence-corrected chi connectivity index (χ4v) is 2.00. The standard InChI is InChI=1S/C7H11NO2S.Na/c1-3-7(4-2)5(9)8-6(10)11-7;/h3-4H2,1-2H3,(H,8,9,10);/q;+1/p-1. The van der Waals surface area contributed by atoms with Crippen LogP contribution >= 0.6 is 11.8 Å². The van der Waals surface area contributed by atoms with Crippen molar-refractivity contribution in [3.05, 3.63) is 5.32 Å². The summed E-state index contributed by atoms with van der Waals surface area (Å²) < 4.78 is -0.531. The molecule has 0 aromatic heterocycles. The maximum absolute atomic E-state index is 11.2. The van der Waals surface area contributed by atoms with Gasteiger partial charge in [0.15, 0.2) is 0 Å². The van der Waals surface area contributed by atoms with Gasteiger partial charge in [-0.25, -0.2) is 0 Å². The van der Waals surface area contributed by atoms with Crippen LogP contribution in [0, 0.1) is 0 Å². The third kappa shape index (κ3) is 2.05. The van der Waals surface area contributed by atoms with Crippen molar-refractivity contribution in [2.24, 2.45) is 0 Å². The summed E-state index contributed by atoms with van der Waals surface area (Å²) in [5, 5.41) is 3.03. The first kappa shape index (κ1) is 12.5. The van der Waals surface area contributed by atoms with Gasteiger partial charge in [-0.3, -0.25) is 0 Å². The van der Waals surface area contributed by atoms with Gasteiger partial charge in [0.05, 0.1) is 10.7 Å². The van der Waals surface area contributed by atoms with Crippen LogP contribution in [0.2, 0.25) is 0 Å². The molecule has 0 atom stereocenters. The number of carbonyl (C=O) groups excluding carboxylic acids is 2. The first-order chi connectivity index (χ1) is 5.14. The van der Waals surface area contributed by atoms with Crippen LogP contribution in [0.3, 0.4) is 0 Å². The summed E-state index contributed by atoms with van der Waals surface area (Å²) in [6, 6.07) is 0. The molecule has 1 aliphatic rings. The molecule has 5 heteroatoms. The van der Waals surface area contributed by atoms with Gasteiger partial charge in [-0.1, -0.05) is 25.6 Å². The molecule has 1 rings (SSSR count). The van der Waals surface area contributed by atoms with Crippen LogP contribution < -0.4 is 29.6 Å². The molecule has 1 fully saturated rings. The van der Waals surface area contributed by atoms with Crippen molar-refractivity contribution >= 4 is 22.9 Å². The number of thioether (sulfide) groups is 1. The van der Waals surface area contributed by atoms with Crippen molar-refractivity contribution in [1.82, 2.24) is 0 Å². The van der Waals surface area contributed by atoms with Gasteiger partial charge in [0.25, 0.3) is 0 Å². The zero-order valence-electron chi connectivity index (χ0n) is 7.59. The Morgan fingerprint density at radius 2 is 1.83 bits per heavy atom. The number of carbonyl (C=O) groups is 2. The number of nitrogens with zero attached hydrogens (tertiary/aromatic N) is 1. The van der Waals surface area contributed by atoms with Gasteiger partial charge in [0, 0.05) is 0 Å². The van der Waals surface area contributed by atoms with Crippen LogP contribution in [0.5, 0.6) is 0 Å². The second-order valence-electron chi connectivity index (χ2n) is 2.49. The summed E-state index contributed by atoms with van der Waals surface area (Å²) in [6.07, 6.45) is 1.37. The van der Waals surface area contributed by atoms with E-state index >= 15 is 0 Å². The predicted octanol–water partition coefficient (Wildman–Crippen LogP) is -0.684. The van der Waals surface area contributed by atoms with Crippen LogP contribution in [0.4, 0.5) is 4.79 Å². The molecule has 12 heavy (non-hydrogen) atoms. The van der Waals surface area contributed by atoms with Crippen molar-refractivity contribution in [3.63, 3.8) is 0 Å². The summed E-state index contributed by atoms with van der Waals surface area (Å²) in [5.41, 5.74) is 0. The Hall–Kier alpha value is 0.490. The van der Waals surface area contributed by atoms with Gasteiger partial charge in [-0.2, -0.15) is 0 Å². The van der Waals surface area contributed by atoms with E-state index in [1.54, 1.807) is 0 Å². The first-order valence-corrected chi connectivity index (χ1v) is 4.45. The second-order valence-corrected chi connectivity index (χ2v) is 3.82. The van der Waals surface area contributed by atoms with Crippen molar-refractivity contribution in [2.45, 2.75) is 31.4 Å². The Labute approximate surface area is 98.3 Å². The average molecular weight is 195 g/mol. The molecule has 0 unspecified atom stereocenters. The molecule has 0 aromatic carbocycles.